The van der Waals surface area contributed by atoms with E-state index in [1.165, 1.54) is 18.4 Å². The van der Waals surface area contributed by atoms with E-state index in [1.54, 1.807) is 5.57 Å². The molecule has 0 aromatic heterocycles. The van der Waals surface area contributed by atoms with Crippen molar-refractivity contribution in [1.29, 1.82) is 0 Å². The summed E-state index contributed by atoms with van der Waals surface area (Å²) in [6.45, 7) is 4.62. The molecule has 0 N–H and O–H groups in total. The van der Waals surface area contributed by atoms with Crippen LogP contribution in [0.15, 0.2) is 22.7 Å². The maximum atomic E-state index is 5.77. The highest BCUT2D eigenvalue weighted by atomic mass is 14.4. The lowest BCUT2D eigenvalue weighted by Gasteiger charge is -2.19. The number of hydrogen-bond acceptors (Lipinski definition) is 0. The van der Waals surface area contributed by atoms with Crippen LogP contribution in [-0.2, 0) is 0 Å². The molecule has 0 saturated carbocycles. The molecule has 2 aliphatic carbocycles. The first kappa shape index (κ1) is 7.21. The molecular weight excluding hydrogens is 131 g/mol. The second-order valence-corrected chi connectivity index (χ2v) is 4.30. The minimum absolute atomic E-state index is 0.399. The Morgan fingerprint density at radius 2 is 2.18 bits per heavy atom. The van der Waals surface area contributed by atoms with Gasteiger partial charge in [0.05, 0.1) is 0 Å². The third-order valence-corrected chi connectivity index (χ3v) is 2.91. The van der Waals surface area contributed by atoms with Gasteiger partial charge in [0.25, 0.3) is 0 Å². The van der Waals surface area contributed by atoms with Crippen molar-refractivity contribution >= 4 is 7.85 Å². The van der Waals surface area contributed by atoms with Gasteiger partial charge in [0, 0.05) is 0 Å². The van der Waals surface area contributed by atoms with Crippen molar-refractivity contribution in [2.45, 2.75) is 33.1 Å². The van der Waals surface area contributed by atoms with E-state index in [0.29, 0.717) is 5.41 Å². The van der Waals surface area contributed by atoms with Gasteiger partial charge in [-0.2, -0.15) is 0 Å². The first-order valence-corrected chi connectivity index (χ1v) is 4.28. The van der Waals surface area contributed by atoms with Gasteiger partial charge >= 0.3 is 0 Å². The summed E-state index contributed by atoms with van der Waals surface area (Å²) in [5.74, 6) is 0. The van der Waals surface area contributed by atoms with Gasteiger partial charge in [-0.1, -0.05) is 25.5 Å². The highest BCUT2D eigenvalue weighted by Crippen LogP contribution is 2.48. The molecule has 11 heavy (non-hydrogen) atoms. The highest BCUT2D eigenvalue weighted by Gasteiger charge is 2.32. The molecule has 1 heteroatoms. The Hall–Kier alpha value is -0.455. The predicted octanol–water partition coefficient (Wildman–Crippen LogP) is 2.56. The average molecular weight is 144 g/mol. The summed E-state index contributed by atoms with van der Waals surface area (Å²) in [6, 6.07) is 0. The molecule has 0 amide bonds. The van der Waals surface area contributed by atoms with Crippen molar-refractivity contribution in [1.82, 2.24) is 0 Å². The van der Waals surface area contributed by atoms with Crippen LogP contribution in [0, 0.1) is 5.41 Å². The number of rotatable bonds is 0. The van der Waals surface area contributed by atoms with Gasteiger partial charge in [-0.05, 0) is 30.3 Å². The van der Waals surface area contributed by atoms with E-state index < -0.39 is 0 Å². The molecule has 0 fully saturated rings. The predicted molar refractivity (Wildman–Crippen MR) is 48.5 cm³/mol. The van der Waals surface area contributed by atoms with Crippen LogP contribution in [-0.4, -0.2) is 7.85 Å². The summed E-state index contributed by atoms with van der Waals surface area (Å²) in [5.41, 5.74) is 4.57. The van der Waals surface area contributed by atoms with Crippen molar-refractivity contribution in [3.8, 4) is 0 Å². The quantitative estimate of drug-likeness (QED) is 0.458. The summed E-state index contributed by atoms with van der Waals surface area (Å²) in [4.78, 5) is 0. The zero-order chi connectivity index (χ0) is 8.06. The van der Waals surface area contributed by atoms with Crippen LogP contribution >= 0.6 is 0 Å². The Bertz CT molecular complexity index is 256. The molecule has 0 aromatic rings. The van der Waals surface area contributed by atoms with Crippen molar-refractivity contribution in [2.24, 2.45) is 5.41 Å². The molecule has 2 rings (SSSR count). The third kappa shape index (κ3) is 0.980. The van der Waals surface area contributed by atoms with Crippen molar-refractivity contribution in [3.05, 3.63) is 22.7 Å². The van der Waals surface area contributed by atoms with Gasteiger partial charge in [-0.3, -0.25) is 0 Å². The molecule has 0 unspecified atom stereocenters. The first-order valence-electron chi connectivity index (χ1n) is 4.28. The molecule has 0 saturated heterocycles. The molecule has 56 valence electrons. The molecule has 0 atom stereocenters. The zero-order valence-electron chi connectivity index (χ0n) is 7.28. The maximum absolute atomic E-state index is 5.77. The monoisotopic (exact) mass is 144 g/mol. The Balaban J connectivity index is 2.37. The lowest BCUT2D eigenvalue weighted by Crippen LogP contribution is -2.07. The zero-order valence-corrected chi connectivity index (χ0v) is 7.28. The fourth-order valence-corrected chi connectivity index (χ4v) is 2.18. The van der Waals surface area contributed by atoms with Crippen LogP contribution in [0.2, 0.25) is 0 Å². The van der Waals surface area contributed by atoms with Crippen molar-refractivity contribution in [3.63, 3.8) is 0 Å². The summed E-state index contributed by atoms with van der Waals surface area (Å²) in [7, 11) is 5.77. The highest BCUT2D eigenvalue weighted by molar-refractivity contribution is 6.22. The lowest BCUT2D eigenvalue weighted by molar-refractivity contribution is 0.451. The largest absolute Gasteiger partial charge is 0.113 e. The molecule has 2 radical (unpaired) electrons. The third-order valence-electron chi connectivity index (χ3n) is 2.91. The average Bonchev–Trinajstić information content (AvgIpc) is 2.35. The normalized spacial score (nSPS) is 27.3. The molecule has 0 aromatic carbocycles. The van der Waals surface area contributed by atoms with Crippen LogP contribution < -0.4 is 0 Å². The lowest BCUT2D eigenvalue weighted by atomic mass is 9.84. The van der Waals surface area contributed by atoms with Crippen molar-refractivity contribution in [2.75, 3.05) is 0 Å². The fourth-order valence-electron chi connectivity index (χ4n) is 2.18. The van der Waals surface area contributed by atoms with Gasteiger partial charge < -0.3 is 0 Å². The van der Waals surface area contributed by atoms with Crippen LogP contribution in [0.5, 0.6) is 0 Å². The fraction of sp³-hybridized carbons (Fsp3) is 0.600. The second kappa shape index (κ2) is 2.03. The van der Waals surface area contributed by atoms with E-state index in [1.807, 2.05) is 0 Å². The Labute approximate surface area is 69.8 Å². The van der Waals surface area contributed by atoms with Crippen LogP contribution in [0.3, 0.4) is 0 Å². The van der Waals surface area contributed by atoms with E-state index in [9.17, 15) is 0 Å². The Morgan fingerprint density at radius 1 is 1.45 bits per heavy atom. The van der Waals surface area contributed by atoms with E-state index in [4.69, 9.17) is 7.85 Å². The van der Waals surface area contributed by atoms with Crippen molar-refractivity contribution < 1.29 is 0 Å². The Kier molecular flexibility index (Phi) is 1.33. The van der Waals surface area contributed by atoms with E-state index >= 15 is 0 Å². The summed E-state index contributed by atoms with van der Waals surface area (Å²) < 4.78 is 0. The molecule has 0 heterocycles. The second-order valence-electron chi connectivity index (χ2n) is 4.30. The summed E-state index contributed by atoms with van der Waals surface area (Å²) in [5, 5.41) is 0. The standard InChI is InChI=1S/C10H13B/c1-10(2)4-3-7-5-8(11)6-9(7)10/h6H,3-5H2,1-2H3. The van der Waals surface area contributed by atoms with Gasteiger partial charge in [0.1, 0.15) is 7.85 Å². The summed E-state index contributed by atoms with van der Waals surface area (Å²) >= 11 is 0. The molecular formula is C10H13B. The maximum Gasteiger partial charge on any atom is 0.108 e. The summed E-state index contributed by atoms with van der Waals surface area (Å²) in [6.07, 6.45) is 5.79. The van der Waals surface area contributed by atoms with Crippen LogP contribution in [0.25, 0.3) is 0 Å². The molecule has 0 spiro atoms. The van der Waals surface area contributed by atoms with Crippen LogP contribution in [0.1, 0.15) is 33.1 Å². The van der Waals surface area contributed by atoms with E-state index in [-0.39, 0.29) is 0 Å². The van der Waals surface area contributed by atoms with E-state index in [0.717, 1.165) is 11.9 Å². The van der Waals surface area contributed by atoms with Gasteiger partial charge in [-0.25, -0.2) is 0 Å². The Morgan fingerprint density at radius 3 is 2.82 bits per heavy atom. The number of hydrogen-bond donors (Lipinski definition) is 0. The van der Waals surface area contributed by atoms with Crippen LogP contribution in [0.4, 0.5) is 0 Å². The molecule has 0 nitrogen and oxygen atoms in total. The molecule has 0 aliphatic heterocycles. The number of allylic oxidation sites excluding steroid dienone is 4. The minimum atomic E-state index is 0.399. The first-order chi connectivity index (χ1) is 5.09. The molecule has 2 aliphatic rings. The topological polar surface area (TPSA) is 0 Å². The van der Waals surface area contributed by atoms with Gasteiger partial charge in [-0.15, -0.1) is 5.47 Å². The molecule has 0 bridgehead atoms. The van der Waals surface area contributed by atoms with Gasteiger partial charge in [0.15, 0.2) is 0 Å². The smallest absolute Gasteiger partial charge is 0.108 e. The van der Waals surface area contributed by atoms with E-state index in [2.05, 4.69) is 19.9 Å². The SMILES string of the molecule is [B]C1=CC2=C(CCC2(C)C)C1. The van der Waals surface area contributed by atoms with Gasteiger partial charge in [0.2, 0.25) is 0 Å². The minimum Gasteiger partial charge on any atom is -0.113 e.